The van der Waals surface area contributed by atoms with Crippen LogP contribution in [-0.2, 0) is 4.74 Å². The molecular weight excluding hydrogens is 224 g/mol. The topological polar surface area (TPSA) is 24.5 Å². The molecule has 1 N–H and O–H groups in total. The van der Waals surface area contributed by atoms with Crippen molar-refractivity contribution in [2.24, 2.45) is 10.8 Å². The minimum Gasteiger partial charge on any atom is -0.380 e. The highest BCUT2D eigenvalue weighted by molar-refractivity contribution is 5.01. The van der Waals surface area contributed by atoms with Crippen LogP contribution in [0.5, 0.6) is 0 Å². The SMILES string of the molecule is CC(C)(CC1(C(C)(C)C)COC1)N1CCNCC1. The van der Waals surface area contributed by atoms with Crippen LogP contribution in [0, 0.1) is 10.8 Å². The van der Waals surface area contributed by atoms with Gasteiger partial charge >= 0.3 is 0 Å². The predicted molar refractivity (Wildman–Crippen MR) is 75.8 cm³/mol. The van der Waals surface area contributed by atoms with Gasteiger partial charge in [-0.25, -0.2) is 0 Å². The van der Waals surface area contributed by atoms with Crippen molar-refractivity contribution < 1.29 is 4.74 Å². The zero-order valence-corrected chi connectivity index (χ0v) is 12.8. The molecule has 18 heavy (non-hydrogen) atoms. The van der Waals surface area contributed by atoms with Gasteiger partial charge in [0.15, 0.2) is 0 Å². The van der Waals surface area contributed by atoms with Crippen LogP contribution in [0.15, 0.2) is 0 Å². The Bertz CT molecular complexity index is 283. The van der Waals surface area contributed by atoms with E-state index in [1.54, 1.807) is 0 Å². The molecule has 0 unspecified atom stereocenters. The highest BCUT2D eigenvalue weighted by Crippen LogP contribution is 2.50. The van der Waals surface area contributed by atoms with Gasteiger partial charge in [-0.3, -0.25) is 4.90 Å². The molecule has 0 saturated carbocycles. The lowest BCUT2D eigenvalue weighted by Crippen LogP contribution is -2.60. The summed E-state index contributed by atoms with van der Waals surface area (Å²) in [6.45, 7) is 18.4. The van der Waals surface area contributed by atoms with E-state index in [1.807, 2.05) is 0 Å². The molecule has 0 amide bonds. The Morgan fingerprint density at radius 2 is 1.61 bits per heavy atom. The second-order valence-corrected chi connectivity index (χ2v) is 7.75. The third-order valence-corrected chi connectivity index (χ3v) is 5.09. The van der Waals surface area contributed by atoms with Crippen LogP contribution in [0.3, 0.4) is 0 Å². The van der Waals surface area contributed by atoms with E-state index in [0.717, 1.165) is 26.3 Å². The van der Waals surface area contributed by atoms with Gasteiger partial charge < -0.3 is 10.1 Å². The van der Waals surface area contributed by atoms with Crippen LogP contribution in [-0.4, -0.2) is 49.8 Å². The average molecular weight is 254 g/mol. The van der Waals surface area contributed by atoms with Gasteiger partial charge in [0.25, 0.3) is 0 Å². The molecule has 0 bridgehead atoms. The van der Waals surface area contributed by atoms with Crippen molar-refractivity contribution in [1.82, 2.24) is 10.2 Å². The predicted octanol–water partition coefficient (Wildman–Crippen LogP) is 2.12. The Morgan fingerprint density at radius 3 is 2.00 bits per heavy atom. The molecule has 0 aromatic heterocycles. The van der Waals surface area contributed by atoms with Crippen molar-refractivity contribution in [3.05, 3.63) is 0 Å². The Balaban J connectivity index is 2.06. The molecule has 3 heteroatoms. The van der Waals surface area contributed by atoms with E-state index in [1.165, 1.54) is 19.5 Å². The van der Waals surface area contributed by atoms with Crippen LogP contribution < -0.4 is 5.32 Å². The van der Waals surface area contributed by atoms with E-state index in [4.69, 9.17) is 4.74 Å². The molecule has 2 aliphatic heterocycles. The van der Waals surface area contributed by atoms with Gasteiger partial charge in [-0.05, 0) is 25.7 Å². The largest absolute Gasteiger partial charge is 0.380 e. The summed E-state index contributed by atoms with van der Waals surface area (Å²) in [4.78, 5) is 2.65. The molecule has 0 aromatic rings. The fraction of sp³-hybridized carbons (Fsp3) is 1.00. The lowest BCUT2D eigenvalue weighted by molar-refractivity contribution is -0.190. The summed E-state index contributed by atoms with van der Waals surface area (Å²) in [5.74, 6) is 0. The number of hydrogen-bond acceptors (Lipinski definition) is 3. The first kappa shape index (κ1) is 14.3. The first-order valence-electron chi connectivity index (χ1n) is 7.30. The van der Waals surface area contributed by atoms with Gasteiger partial charge in [0, 0.05) is 37.1 Å². The lowest BCUT2D eigenvalue weighted by atomic mass is 9.60. The molecule has 3 nitrogen and oxygen atoms in total. The smallest absolute Gasteiger partial charge is 0.0550 e. The van der Waals surface area contributed by atoms with Gasteiger partial charge in [0.2, 0.25) is 0 Å². The summed E-state index contributed by atoms with van der Waals surface area (Å²) in [5.41, 5.74) is 0.969. The Morgan fingerprint density at radius 1 is 1.06 bits per heavy atom. The Labute approximate surface area is 112 Å². The van der Waals surface area contributed by atoms with E-state index in [0.29, 0.717) is 10.8 Å². The van der Waals surface area contributed by atoms with Crippen LogP contribution in [0.4, 0.5) is 0 Å². The second-order valence-electron chi connectivity index (χ2n) is 7.75. The zero-order valence-electron chi connectivity index (χ0n) is 12.8. The maximum atomic E-state index is 5.57. The monoisotopic (exact) mass is 254 g/mol. The maximum Gasteiger partial charge on any atom is 0.0550 e. The molecule has 0 aliphatic carbocycles. The molecule has 0 spiro atoms. The third kappa shape index (κ3) is 2.59. The van der Waals surface area contributed by atoms with Crippen molar-refractivity contribution in [2.45, 2.75) is 46.6 Å². The summed E-state index contributed by atoms with van der Waals surface area (Å²) in [7, 11) is 0. The Hall–Kier alpha value is -0.120. The average Bonchev–Trinajstić information content (AvgIpc) is 2.23. The van der Waals surface area contributed by atoms with E-state index in [-0.39, 0.29) is 5.54 Å². The number of nitrogens with one attached hydrogen (secondary N) is 1. The van der Waals surface area contributed by atoms with Crippen LogP contribution >= 0.6 is 0 Å². The quantitative estimate of drug-likeness (QED) is 0.835. The molecule has 2 saturated heterocycles. The van der Waals surface area contributed by atoms with Crippen LogP contribution in [0.2, 0.25) is 0 Å². The first-order valence-corrected chi connectivity index (χ1v) is 7.30. The number of piperazine rings is 1. The first-order chi connectivity index (χ1) is 8.27. The summed E-state index contributed by atoms with van der Waals surface area (Å²) < 4.78 is 5.57. The lowest BCUT2D eigenvalue weighted by Gasteiger charge is -2.56. The molecule has 2 heterocycles. The second kappa shape index (κ2) is 4.77. The van der Waals surface area contributed by atoms with E-state index in [2.05, 4.69) is 44.8 Å². The minimum absolute atomic E-state index is 0.277. The van der Waals surface area contributed by atoms with E-state index >= 15 is 0 Å². The molecular formula is C15H30N2O. The molecule has 0 radical (unpaired) electrons. The van der Waals surface area contributed by atoms with Gasteiger partial charge in [-0.15, -0.1) is 0 Å². The molecule has 2 aliphatic rings. The van der Waals surface area contributed by atoms with Crippen LogP contribution in [0.1, 0.15) is 41.0 Å². The summed E-state index contributed by atoms with van der Waals surface area (Å²) >= 11 is 0. The van der Waals surface area contributed by atoms with Gasteiger partial charge in [-0.2, -0.15) is 0 Å². The molecule has 106 valence electrons. The Kier molecular flexibility index (Phi) is 3.79. The fourth-order valence-corrected chi connectivity index (χ4v) is 3.36. The highest BCUT2D eigenvalue weighted by atomic mass is 16.5. The molecule has 2 fully saturated rings. The van der Waals surface area contributed by atoms with Crippen LogP contribution in [0.25, 0.3) is 0 Å². The molecule has 0 aromatic carbocycles. The number of hydrogen-bond donors (Lipinski definition) is 1. The van der Waals surface area contributed by atoms with Crippen molar-refractivity contribution in [3.63, 3.8) is 0 Å². The van der Waals surface area contributed by atoms with Crippen molar-refractivity contribution >= 4 is 0 Å². The zero-order chi connectivity index (χ0) is 13.4. The van der Waals surface area contributed by atoms with E-state index in [9.17, 15) is 0 Å². The summed E-state index contributed by atoms with van der Waals surface area (Å²) in [6, 6.07) is 0. The standard InChI is InChI=1S/C15H30N2O/c1-13(2,3)15(11-18-12-15)10-14(4,5)17-8-6-16-7-9-17/h16H,6-12H2,1-5H3. The van der Waals surface area contributed by atoms with E-state index < -0.39 is 0 Å². The normalized spacial score (nSPS) is 25.8. The van der Waals surface area contributed by atoms with Gasteiger partial charge in [-0.1, -0.05) is 20.8 Å². The molecule has 2 rings (SSSR count). The highest BCUT2D eigenvalue weighted by Gasteiger charge is 2.51. The number of ether oxygens (including phenoxy) is 1. The maximum absolute atomic E-state index is 5.57. The summed E-state index contributed by atoms with van der Waals surface area (Å²) in [5, 5.41) is 3.44. The minimum atomic E-state index is 0.277. The van der Waals surface area contributed by atoms with Crippen molar-refractivity contribution in [2.75, 3.05) is 39.4 Å². The third-order valence-electron chi connectivity index (χ3n) is 5.09. The van der Waals surface area contributed by atoms with Crippen molar-refractivity contribution in [1.29, 1.82) is 0 Å². The summed E-state index contributed by atoms with van der Waals surface area (Å²) in [6.07, 6.45) is 1.24. The van der Waals surface area contributed by atoms with Gasteiger partial charge in [0.1, 0.15) is 0 Å². The molecule has 0 atom stereocenters. The van der Waals surface area contributed by atoms with Crippen molar-refractivity contribution in [3.8, 4) is 0 Å². The number of nitrogens with zero attached hydrogens (tertiary/aromatic N) is 1. The number of rotatable bonds is 3. The van der Waals surface area contributed by atoms with Gasteiger partial charge in [0.05, 0.1) is 13.2 Å². The fourth-order valence-electron chi connectivity index (χ4n) is 3.36.